The minimum Gasteiger partial charge on any atom is -0.395 e. The Morgan fingerprint density at radius 2 is 2.05 bits per heavy atom. The van der Waals surface area contributed by atoms with Crippen molar-refractivity contribution >= 4 is 29.1 Å². The molecule has 1 N–H and O–H groups in total. The van der Waals surface area contributed by atoms with Crippen molar-refractivity contribution < 1.29 is 9.90 Å². The summed E-state index contributed by atoms with van der Waals surface area (Å²) in [7, 11) is 0. The number of halogens is 2. The molecular weight excluding hydrogens is 285 g/mol. The number of rotatable bonds is 6. The van der Waals surface area contributed by atoms with Gasteiger partial charge in [0.25, 0.3) is 0 Å². The molecular formula is C14H17Cl2NO2. The normalized spacial score (nSPS) is 14.5. The summed E-state index contributed by atoms with van der Waals surface area (Å²) in [5.74, 6) is 0.0997. The first-order valence-electron chi connectivity index (χ1n) is 6.46. The van der Waals surface area contributed by atoms with E-state index in [4.69, 9.17) is 28.3 Å². The Balaban J connectivity index is 1.89. The van der Waals surface area contributed by atoms with Crippen LogP contribution in [0.15, 0.2) is 18.2 Å². The number of hydrogen-bond acceptors (Lipinski definition) is 2. The summed E-state index contributed by atoms with van der Waals surface area (Å²) in [5, 5.41) is 10.0. The second-order valence-corrected chi connectivity index (χ2v) is 5.60. The molecule has 2 rings (SSSR count). The zero-order chi connectivity index (χ0) is 13.8. The van der Waals surface area contributed by atoms with Crippen LogP contribution in [0.3, 0.4) is 0 Å². The lowest BCUT2D eigenvalue weighted by molar-refractivity contribution is -0.132. The Hall–Kier alpha value is -0.770. The van der Waals surface area contributed by atoms with Gasteiger partial charge in [0.15, 0.2) is 0 Å². The lowest BCUT2D eigenvalue weighted by atomic mass is 10.1. The van der Waals surface area contributed by atoms with E-state index in [0.717, 1.165) is 18.4 Å². The molecule has 3 nitrogen and oxygen atoms in total. The highest BCUT2D eigenvalue weighted by Gasteiger charge is 2.31. The van der Waals surface area contributed by atoms with Crippen LogP contribution in [0.2, 0.25) is 10.0 Å². The van der Waals surface area contributed by atoms with Crippen molar-refractivity contribution in [3.8, 4) is 0 Å². The molecule has 0 bridgehead atoms. The van der Waals surface area contributed by atoms with Crippen LogP contribution in [0.5, 0.6) is 0 Å². The predicted octanol–water partition coefficient (Wildman–Crippen LogP) is 2.91. The second-order valence-electron chi connectivity index (χ2n) is 4.79. The number of nitrogens with zero attached hydrogens (tertiary/aromatic N) is 1. The highest BCUT2D eigenvalue weighted by molar-refractivity contribution is 6.42. The van der Waals surface area contributed by atoms with Gasteiger partial charge < -0.3 is 10.0 Å². The Morgan fingerprint density at radius 3 is 2.63 bits per heavy atom. The van der Waals surface area contributed by atoms with Gasteiger partial charge in [-0.3, -0.25) is 4.79 Å². The Morgan fingerprint density at radius 1 is 1.32 bits per heavy atom. The SMILES string of the molecule is O=C(CCc1ccc(Cl)c(Cl)c1)N(CCO)C1CC1. The summed E-state index contributed by atoms with van der Waals surface area (Å²) >= 11 is 11.8. The summed E-state index contributed by atoms with van der Waals surface area (Å²) in [6, 6.07) is 5.77. The van der Waals surface area contributed by atoms with Crippen molar-refractivity contribution in [2.24, 2.45) is 0 Å². The van der Waals surface area contributed by atoms with E-state index in [1.165, 1.54) is 0 Å². The van der Waals surface area contributed by atoms with Gasteiger partial charge in [0.1, 0.15) is 0 Å². The number of aliphatic hydroxyl groups excluding tert-OH is 1. The Labute approximate surface area is 123 Å². The monoisotopic (exact) mass is 301 g/mol. The van der Waals surface area contributed by atoms with Gasteiger partial charge in [-0.15, -0.1) is 0 Å². The maximum atomic E-state index is 12.1. The second kappa shape index (κ2) is 6.60. The Kier molecular flexibility index (Phi) is 5.08. The van der Waals surface area contributed by atoms with E-state index in [1.54, 1.807) is 17.0 Å². The largest absolute Gasteiger partial charge is 0.395 e. The first kappa shape index (κ1) is 14.6. The minimum absolute atomic E-state index is 0.0228. The third kappa shape index (κ3) is 4.10. The van der Waals surface area contributed by atoms with Crippen LogP contribution < -0.4 is 0 Å². The highest BCUT2D eigenvalue weighted by Crippen LogP contribution is 2.28. The average Bonchev–Trinajstić information content (AvgIpc) is 3.21. The molecule has 0 saturated heterocycles. The van der Waals surface area contributed by atoms with E-state index in [-0.39, 0.29) is 12.5 Å². The van der Waals surface area contributed by atoms with Crippen molar-refractivity contribution in [2.45, 2.75) is 31.7 Å². The van der Waals surface area contributed by atoms with Crippen LogP contribution in [0.4, 0.5) is 0 Å². The van der Waals surface area contributed by atoms with Gasteiger partial charge in [0, 0.05) is 19.0 Å². The number of carbonyl (C=O) groups is 1. The topological polar surface area (TPSA) is 40.5 Å². The molecule has 1 aromatic carbocycles. The van der Waals surface area contributed by atoms with E-state index >= 15 is 0 Å². The molecule has 0 unspecified atom stereocenters. The third-order valence-corrected chi connectivity index (χ3v) is 4.00. The van der Waals surface area contributed by atoms with Crippen LogP contribution in [-0.2, 0) is 11.2 Å². The molecule has 0 aliphatic heterocycles. The molecule has 0 spiro atoms. The third-order valence-electron chi connectivity index (χ3n) is 3.26. The van der Waals surface area contributed by atoms with E-state index in [2.05, 4.69) is 0 Å². The first-order chi connectivity index (χ1) is 9.11. The molecule has 1 fully saturated rings. The van der Waals surface area contributed by atoms with E-state index in [0.29, 0.717) is 35.5 Å². The molecule has 1 saturated carbocycles. The summed E-state index contributed by atoms with van der Waals surface area (Å²) in [4.78, 5) is 13.9. The zero-order valence-electron chi connectivity index (χ0n) is 10.6. The summed E-state index contributed by atoms with van der Waals surface area (Å²) in [5.41, 5.74) is 1.00. The summed E-state index contributed by atoms with van der Waals surface area (Å²) in [6.07, 6.45) is 3.19. The fourth-order valence-electron chi connectivity index (χ4n) is 2.09. The number of benzene rings is 1. The van der Waals surface area contributed by atoms with Crippen LogP contribution in [0.1, 0.15) is 24.8 Å². The van der Waals surface area contributed by atoms with Gasteiger partial charge >= 0.3 is 0 Å². The quantitative estimate of drug-likeness (QED) is 0.878. The Bertz CT molecular complexity index is 461. The first-order valence-corrected chi connectivity index (χ1v) is 7.21. The average molecular weight is 302 g/mol. The van der Waals surface area contributed by atoms with Crippen molar-refractivity contribution in [2.75, 3.05) is 13.2 Å². The predicted molar refractivity (Wildman–Crippen MR) is 76.6 cm³/mol. The van der Waals surface area contributed by atoms with Gasteiger partial charge in [-0.25, -0.2) is 0 Å². The highest BCUT2D eigenvalue weighted by atomic mass is 35.5. The number of hydrogen-bond donors (Lipinski definition) is 1. The number of carbonyl (C=O) groups excluding carboxylic acids is 1. The van der Waals surface area contributed by atoms with E-state index < -0.39 is 0 Å². The van der Waals surface area contributed by atoms with Crippen LogP contribution >= 0.6 is 23.2 Å². The zero-order valence-corrected chi connectivity index (χ0v) is 12.1. The van der Waals surface area contributed by atoms with Gasteiger partial charge in [0.2, 0.25) is 5.91 Å². The van der Waals surface area contributed by atoms with Crippen molar-refractivity contribution in [3.05, 3.63) is 33.8 Å². The molecule has 1 aliphatic rings. The maximum absolute atomic E-state index is 12.1. The molecule has 1 aliphatic carbocycles. The van der Waals surface area contributed by atoms with Crippen molar-refractivity contribution in [1.82, 2.24) is 4.90 Å². The van der Waals surface area contributed by atoms with Crippen LogP contribution in [0.25, 0.3) is 0 Å². The molecule has 0 radical (unpaired) electrons. The smallest absolute Gasteiger partial charge is 0.223 e. The fraction of sp³-hybridized carbons (Fsp3) is 0.500. The molecule has 0 atom stereocenters. The molecule has 104 valence electrons. The number of amides is 1. The lowest BCUT2D eigenvalue weighted by Crippen LogP contribution is -2.35. The minimum atomic E-state index is 0.0228. The molecule has 0 heterocycles. The van der Waals surface area contributed by atoms with Gasteiger partial charge in [-0.2, -0.15) is 0 Å². The van der Waals surface area contributed by atoms with Crippen molar-refractivity contribution in [3.63, 3.8) is 0 Å². The summed E-state index contributed by atoms with van der Waals surface area (Å²) in [6.45, 7) is 0.458. The van der Waals surface area contributed by atoms with Crippen LogP contribution in [0, 0.1) is 0 Å². The fourth-order valence-corrected chi connectivity index (χ4v) is 2.42. The molecule has 0 aromatic heterocycles. The summed E-state index contributed by atoms with van der Waals surface area (Å²) < 4.78 is 0. The number of aryl methyl sites for hydroxylation is 1. The van der Waals surface area contributed by atoms with Gasteiger partial charge in [-0.1, -0.05) is 29.3 Å². The maximum Gasteiger partial charge on any atom is 0.223 e. The molecule has 19 heavy (non-hydrogen) atoms. The molecule has 1 aromatic rings. The van der Waals surface area contributed by atoms with E-state index in [9.17, 15) is 4.79 Å². The van der Waals surface area contributed by atoms with Gasteiger partial charge in [0.05, 0.1) is 16.7 Å². The van der Waals surface area contributed by atoms with Gasteiger partial charge in [-0.05, 0) is 37.0 Å². The lowest BCUT2D eigenvalue weighted by Gasteiger charge is -2.21. The van der Waals surface area contributed by atoms with E-state index in [1.807, 2.05) is 6.07 Å². The standard InChI is InChI=1S/C14H17Cl2NO2/c15-12-5-1-10(9-13(12)16)2-6-14(19)17(7-8-18)11-3-4-11/h1,5,9,11,18H,2-4,6-8H2. The number of aliphatic hydroxyl groups is 1. The molecule has 1 amide bonds. The molecule has 5 heteroatoms. The van der Waals surface area contributed by atoms with Crippen molar-refractivity contribution in [1.29, 1.82) is 0 Å². The van der Waals surface area contributed by atoms with Crippen LogP contribution in [-0.4, -0.2) is 35.1 Å².